The second kappa shape index (κ2) is 9.34. The molecule has 2 amide bonds. The van der Waals surface area contributed by atoms with Crippen LogP contribution in [0.5, 0.6) is 5.75 Å². The number of likely N-dealkylation sites (tertiary alicyclic amines) is 1. The van der Waals surface area contributed by atoms with Crippen molar-refractivity contribution in [2.45, 2.75) is 26.2 Å². The van der Waals surface area contributed by atoms with Gasteiger partial charge in [-0.15, -0.1) is 0 Å². The third kappa shape index (κ3) is 4.91. The average Bonchev–Trinajstić information content (AvgIpc) is 3.24. The zero-order valence-corrected chi connectivity index (χ0v) is 16.8. The van der Waals surface area contributed by atoms with Gasteiger partial charge in [-0.05, 0) is 49.9 Å². The van der Waals surface area contributed by atoms with Gasteiger partial charge in [0.1, 0.15) is 11.4 Å². The van der Waals surface area contributed by atoms with Crippen LogP contribution < -0.4 is 10.1 Å². The predicted molar refractivity (Wildman–Crippen MR) is 110 cm³/mol. The molecule has 0 saturated carbocycles. The highest BCUT2D eigenvalue weighted by Gasteiger charge is 2.25. The molecule has 1 fully saturated rings. The van der Waals surface area contributed by atoms with Crippen LogP contribution in [0.4, 0.5) is 10.5 Å². The Bertz CT molecular complexity index is 960. The highest BCUT2D eigenvalue weighted by atomic mass is 16.5. The summed E-state index contributed by atoms with van der Waals surface area (Å²) in [7, 11) is 0. The van der Waals surface area contributed by atoms with E-state index >= 15 is 0 Å². The Labute approximate surface area is 174 Å². The van der Waals surface area contributed by atoms with Gasteiger partial charge in [0.05, 0.1) is 12.8 Å². The highest BCUT2D eigenvalue weighted by Crippen LogP contribution is 2.23. The number of carbonyl (C=O) groups excluding carboxylic acids is 1. The second-order valence-corrected chi connectivity index (χ2v) is 7.15. The van der Waals surface area contributed by atoms with Gasteiger partial charge < -0.3 is 19.5 Å². The number of piperidine rings is 1. The van der Waals surface area contributed by atoms with Crippen LogP contribution >= 0.6 is 0 Å². The van der Waals surface area contributed by atoms with Crippen molar-refractivity contribution < 1.29 is 14.1 Å². The van der Waals surface area contributed by atoms with Gasteiger partial charge in [-0.2, -0.15) is 4.98 Å². The SMILES string of the molecule is CCOc1ccc(NC(=O)N2CCCC(Cc3nc(-c4cnccn4)no3)C2)cc1. The first-order valence-corrected chi connectivity index (χ1v) is 10.1. The van der Waals surface area contributed by atoms with Crippen LogP contribution in [0, 0.1) is 5.92 Å². The summed E-state index contributed by atoms with van der Waals surface area (Å²) in [5, 5.41) is 6.95. The topological polar surface area (TPSA) is 106 Å². The molecule has 0 spiro atoms. The smallest absolute Gasteiger partial charge is 0.321 e. The standard InChI is InChI=1S/C21H24N6O3/c1-2-29-17-7-5-16(6-8-17)24-21(28)27-11-3-4-15(14-27)12-19-25-20(26-30-19)18-13-22-9-10-23-18/h5-10,13,15H,2-4,11-12,14H2,1H3,(H,24,28). The first kappa shape index (κ1) is 19.8. The van der Waals surface area contributed by atoms with Gasteiger partial charge in [-0.3, -0.25) is 4.98 Å². The van der Waals surface area contributed by atoms with Crippen molar-refractivity contribution in [3.05, 3.63) is 48.7 Å². The summed E-state index contributed by atoms with van der Waals surface area (Å²) in [6.45, 7) is 3.92. The van der Waals surface area contributed by atoms with E-state index in [9.17, 15) is 4.79 Å². The Kier molecular flexibility index (Phi) is 6.17. The second-order valence-electron chi connectivity index (χ2n) is 7.15. The predicted octanol–water partition coefficient (Wildman–Crippen LogP) is 3.41. The number of carbonyl (C=O) groups is 1. The molecule has 1 N–H and O–H groups in total. The number of urea groups is 1. The first-order chi connectivity index (χ1) is 14.7. The third-order valence-electron chi connectivity index (χ3n) is 4.95. The molecule has 1 aliphatic heterocycles. The molecule has 3 aromatic rings. The van der Waals surface area contributed by atoms with E-state index < -0.39 is 0 Å². The van der Waals surface area contributed by atoms with Crippen LogP contribution in [-0.2, 0) is 6.42 Å². The summed E-state index contributed by atoms with van der Waals surface area (Å²) in [6, 6.07) is 7.29. The molecule has 4 rings (SSSR count). The van der Waals surface area contributed by atoms with Crippen molar-refractivity contribution in [1.29, 1.82) is 0 Å². The molecule has 9 nitrogen and oxygen atoms in total. The molecule has 1 aromatic carbocycles. The normalized spacial score (nSPS) is 16.3. The van der Waals surface area contributed by atoms with Gasteiger partial charge in [0, 0.05) is 37.6 Å². The Balaban J connectivity index is 1.33. The van der Waals surface area contributed by atoms with Crippen LogP contribution in [0.1, 0.15) is 25.7 Å². The maximum Gasteiger partial charge on any atom is 0.321 e. The van der Waals surface area contributed by atoms with Crippen molar-refractivity contribution >= 4 is 11.7 Å². The zero-order chi connectivity index (χ0) is 20.8. The van der Waals surface area contributed by atoms with Crippen molar-refractivity contribution in [1.82, 2.24) is 25.0 Å². The number of hydrogen-bond donors (Lipinski definition) is 1. The fourth-order valence-electron chi connectivity index (χ4n) is 3.52. The summed E-state index contributed by atoms with van der Waals surface area (Å²) < 4.78 is 10.8. The molecule has 156 valence electrons. The van der Waals surface area contributed by atoms with Gasteiger partial charge >= 0.3 is 6.03 Å². The van der Waals surface area contributed by atoms with Crippen LogP contribution in [0.2, 0.25) is 0 Å². The van der Waals surface area contributed by atoms with Crippen LogP contribution in [0.25, 0.3) is 11.5 Å². The minimum Gasteiger partial charge on any atom is -0.494 e. The van der Waals surface area contributed by atoms with E-state index in [2.05, 4.69) is 25.4 Å². The number of hydrogen-bond acceptors (Lipinski definition) is 7. The minimum atomic E-state index is -0.102. The summed E-state index contributed by atoms with van der Waals surface area (Å²) in [5.74, 6) is 2.03. The molecular formula is C21H24N6O3. The largest absolute Gasteiger partial charge is 0.494 e. The Hall–Kier alpha value is -3.49. The molecule has 0 bridgehead atoms. The van der Waals surface area contributed by atoms with Crippen LogP contribution in [-0.4, -0.2) is 50.7 Å². The average molecular weight is 408 g/mol. The van der Waals surface area contributed by atoms with Crippen molar-refractivity contribution in [2.24, 2.45) is 5.92 Å². The van der Waals surface area contributed by atoms with Gasteiger partial charge in [-0.1, -0.05) is 5.16 Å². The van der Waals surface area contributed by atoms with Crippen LogP contribution in [0.15, 0.2) is 47.4 Å². The number of amides is 2. The first-order valence-electron chi connectivity index (χ1n) is 10.1. The quantitative estimate of drug-likeness (QED) is 0.666. The molecule has 3 heterocycles. The fraction of sp³-hybridized carbons (Fsp3) is 0.381. The lowest BCUT2D eigenvalue weighted by Crippen LogP contribution is -2.42. The van der Waals surface area contributed by atoms with E-state index in [1.807, 2.05) is 36.1 Å². The van der Waals surface area contributed by atoms with E-state index in [4.69, 9.17) is 9.26 Å². The van der Waals surface area contributed by atoms with E-state index in [0.29, 0.717) is 37.0 Å². The molecule has 30 heavy (non-hydrogen) atoms. The number of anilines is 1. The zero-order valence-electron chi connectivity index (χ0n) is 16.8. The minimum absolute atomic E-state index is 0.102. The van der Waals surface area contributed by atoms with Gasteiger partial charge in [0.15, 0.2) is 0 Å². The molecule has 9 heteroatoms. The molecule has 0 radical (unpaired) electrons. The molecule has 1 aliphatic rings. The van der Waals surface area contributed by atoms with Crippen molar-refractivity contribution in [2.75, 3.05) is 25.0 Å². The molecule has 0 aliphatic carbocycles. The molecule has 1 saturated heterocycles. The fourth-order valence-corrected chi connectivity index (χ4v) is 3.52. The van der Waals surface area contributed by atoms with E-state index in [1.165, 1.54) is 0 Å². The van der Waals surface area contributed by atoms with E-state index in [-0.39, 0.29) is 11.9 Å². The number of aromatic nitrogens is 4. The third-order valence-corrected chi connectivity index (χ3v) is 4.95. The highest BCUT2D eigenvalue weighted by molar-refractivity contribution is 5.89. The lowest BCUT2D eigenvalue weighted by atomic mass is 9.95. The lowest BCUT2D eigenvalue weighted by Gasteiger charge is -2.32. The summed E-state index contributed by atoms with van der Waals surface area (Å²) >= 11 is 0. The van der Waals surface area contributed by atoms with Gasteiger partial charge in [0.25, 0.3) is 0 Å². The maximum atomic E-state index is 12.7. The van der Waals surface area contributed by atoms with E-state index in [0.717, 1.165) is 30.8 Å². The Morgan fingerprint density at radius 2 is 2.17 bits per heavy atom. The number of rotatable bonds is 6. The molecule has 1 atom stereocenters. The Morgan fingerprint density at radius 1 is 1.30 bits per heavy atom. The number of ether oxygens (including phenoxy) is 1. The number of benzene rings is 1. The summed E-state index contributed by atoms with van der Waals surface area (Å²) in [6.07, 6.45) is 7.36. The number of nitrogens with one attached hydrogen (secondary N) is 1. The monoisotopic (exact) mass is 408 g/mol. The molecular weight excluding hydrogens is 384 g/mol. The van der Waals surface area contributed by atoms with E-state index in [1.54, 1.807) is 18.6 Å². The molecule has 2 aromatic heterocycles. The van der Waals surface area contributed by atoms with Crippen molar-refractivity contribution in [3.8, 4) is 17.3 Å². The maximum absolute atomic E-state index is 12.7. The van der Waals surface area contributed by atoms with Crippen LogP contribution in [0.3, 0.4) is 0 Å². The number of nitrogens with zero attached hydrogens (tertiary/aromatic N) is 5. The van der Waals surface area contributed by atoms with Gasteiger partial charge in [0.2, 0.25) is 11.7 Å². The van der Waals surface area contributed by atoms with Gasteiger partial charge in [-0.25, -0.2) is 9.78 Å². The Morgan fingerprint density at radius 3 is 2.93 bits per heavy atom. The van der Waals surface area contributed by atoms with Crippen molar-refractivity contribution in [3.63, 3.8) is 0 Å². The summed E-state index contributed by atoms with van der Waals surface area (Å²) in [4.78, 5) is 27.1. The molecule has 1 unspecified atom stereocenters. The lowest BCUT2D eigenvalue weighted by molar-refractivity contribution is 0.173. The summed E-state index contributed by atoms with van der Waals surface area (Å²) in [5.41, 5.74) is 1.32.